The third-order valence-corrected chi connectivity index (χ3v) is 4.38. The molecule has 0 spiro atoms. The molecule has 0 fully saturated rings. The first-order chi connectivity index (χ1) is 13.4. The lowest BCUT2D eigenvalue weighted by molar-refractivity contribution is 1.27. The Morgan fingerprint density at radius 1 is 0.704 bits per heavy atom. The number of fused-ring (bicyclic) bond motifs is 2. The number of nitrogens with zero attached hydrogens (tertiary/aromatic N) is 4. The molecule has 5 rings (SSSR count). The zero-order chi connectivity index (χ0) is 18.1. The van der Waals surface area contributed by atoms with Gasteiger partial charge >= 0.3 is 0 Å². The van der Waals surface area contributed by atoms with Crippen LogP contribution in [0.5, 0.6) is 0 Å². The fraction of sp³-hybridized carbons (Fsp3) is 0. The van der Waals surface area contributed by atoms with Crippen LogP contribution in [-0.2, 0) is 0 Å². The standard InChI is InChI=1S/C22H15N5/c1-2-8-16-14-18-17(13-15(16)7-1)21(25-19-9-3-5-11-23-19)27-22(18)26-20-10-4-6-12-24-20/h1-14H,(H,23,24,25,26,27). The summed E-state index contributed by atoms with van der Waals surface area (Å²) >= 11 is 0. The minimum Gasteiger partial charge on any atom is -0.324 e. The maximum atomic E-state index is 4.75. The molecule has 0 radical (unpaired) electrons. The molecule has 1 aliphatic heterocycles. The van der Waals surface area contributed by atoms with Crippen molar-refractivity contribution in [2.45, 2.75) is 0 Å². The maximum Gasteiger partial charge on any atom is 0.164 e. The largest absolute Gasteiger partial charge is 0.324 e. The lowest BCUT2D eigenvalue weighted by Gasteiger charge is -2.07. The van der Waals surface area contributed by atoms with Crippen molar-refractivity contribution in [3.63, 3.8) is 0 Å². The van der Waals surface area contributed by atoms with E-state index in [1.54, 1.807) is 12.4 Å². The van der Waals surface area contributed by atoms with Gasteiger partial charge in [-0.05, 0) is 47.2 Å². The Bertz CT molecular complexity index is 1180. The first kappa shape index (κ1) is 15.4. The molecule has 27 heavy (non-hydrogen) atoms. The highest BCUT2D eigenvalue weighted by atomic mass is 15.1. The third kappa shape index (κ3) is 2.95. The summed E-state index contributed by atoms with van der Waals surface area (Å²) in [5.74, 6) is 2.76. The van der Waals surface area contributed by atoms with Gasteiger partial charge in [0.2, 0.25) is 0 Å². The number of hydrogen-bond donors (Lipinski definition) is 1. The molecule has 0 atom stereocenters. The summed E-state index contributed by atoms with van der Waals surface area (Å²) in [6, 6.07) is 23.9. The first-order valence-electron chi connectivity index (χ1n) is 8.67. The molecule has 5 heteroatoms. The maximum absolute atomic E-state index is 4.75. The summed E-state index contributed by atoms with van der Waals surface area (Å²) in [5, 5.41) is 5.63. The van der Waals surface area contributed by atoms with E-state index in [4.69, 9.17) is 4.99 Å². The van der Waals surface area contributed by atoms with Gasteiger partial charge < -0.3 is 5.32 Å². The summed E-state index contributed by atoms with van der Waals surface area (Å²) in [6.45, 7) is 0. The average Bonchev–Trinajstić information content (AvgIpc) is 3.04. The van der Waals surface area contributed by atoms with Gasteiger partial charge in [-0.2, -0.15) is 0 Å². The molecule has 0 saturated carbocycles. The molecule has 4 aromatic rings. The predicted molar refractivity (Wildman–Crippen MR) is 109 cm³/mol. The number of nitrogens with one attached hydrogen (secondary N) is 1. The van der Waals surface area contributed by atoms with E-state index in [0.717, 1.165) is 33.6 Å². The summed E-state index contributed by atoms with van der Waals surface area (Å²) in [4.78, 5) is 18.0. The highest BCUT2D eigenvalue weighted by Crippen LogP contribution is 2.27. The molecule has 0 amide bonds. The molecule has 2 aromatic heterocycles. The molecule has 1 N–H and O–H groups in total. The summed E-state index contributed by atoms with van der Waals surface area (Å²) in [6.07, 6.45) is 3.48. The number of aromatic nitrogens is 2. The number of anilines is 1. The van der Waals surface area contributed by atoms with E-state index in [1.807, 2.05) is 48.5 Å². The summed E-state index contributed by atoms with van der Waals surface area (Å²) < 4.78 is 0. The Labute approximate surface area is 156 Å². The SMILES string of the molecule is c1ccc(/N=C2/N=C(Nc3ccccn3)c3cc4ccccc4cc32)nc1. The van der Waals surface area contributed by atoms with Crippen LogP contribution in [0.3, 0.4) is 0 Å². The van der Waals surface area contributed by atoms with Gasteiger partial charge in [0.15, 0.2) is 11.7 Å². The van der Waals surface area contributed by atoms with Crippen LogP contribution in [0.15, 0.2) is 95.2 Å². The molecular weight excluding hydrogens is 334 g/mol. The number of aliphatic imine (C=N–C) groups is 2. The van der Waals surface area contributed by atoms with Gasteiger partial charge in [-0.25, -0.2) is 20.0 Å². The van der Waals surface area contributed by atoms with Crippen molar-refractivity contribution >= 4 is 34.1 Å². The van der Waals surface area contributed by atoms with Crippen LogP contribution in [-0.4, -0.2) is 21.6 Å². The fourth-order valence-electron chi connectivity index (χ4n) is 3.11. The Morgan fingerprint density at radius 2 is 1.41 bits per heavy atom. The van der Waals surface area contributed by atoms with Gasteiger partial charge in [0, 0.05) is 23.5 Å². The molecule has 1 aliphatic rings. The van der Waals surface area contributed by atoms with Crippen LogP contribution >= 0.6 is 0 Å². The van der Waals surface area contributed by atoms with Gasteiger partial charge in [0.25, 0.3) is 0 Å². The molecule has 0 aliphatic carbocycles. The molecule has 0 unspecified atom stereocenters. The van der Waals surface area contributed by atoms with E-state index in [2.05, 4.69) is 44.5 Å². The lowest BCUT2D eigenvalue weighted by atomic mass is 10.0. The van der Waals surface area contributed by atoms with Gasteiger partial charge in [-0.15, -0.1) is 0 Å². The number of amidine groups is 2. The van der Waals surface area contributed by atoms with Crippen LogP contribution in [0.2, 0.25) is 0 Å². The van der Waals surface area contributed by atoms with Crippen molar-refractivity contribution in [3.05, 3.63) is 96.3 Å². The van der Waals surface area contributed by atoms with Crippen molar-refractivity contribution in [3.8, 4) is 0 Å². The fourth-order valence-corrected chi connectivity index (χ4v) is 3.11. The third-order valence-electron chi connectivity index (χ3n) is 4.38. The monoisotopic (exact) mass is 349 g/mol. The van der Waals surface area contributed by atoms with Crippen molar-refractivity contribution in [1.29, 1.82) is 0 Å². The zero-order valence-electron chi connectivity index (χ0n) is 14.4. The van der Waals surface area contributed by atoms with E-state index >= 15 is 0 Å². The first-order valence-corrected chi connectivity index (χ1v) is 8.67. The van der Waals surface area contributed by atoms with E-state index < -0.39 is 0 Å². The quantitative estimate of drug-likeness (QED) is 0.576. The van der Waals surface area contributed by atoms with E-state index in [1.165, 1.54) is 0 Å². The molecule has 0 saturated heterocycles. The van der Waals surface area contributed by atoms with Crippen molar-refractivity contribution < 1.29 is 0 Å². The molecule has 128 valence electrons. The van der Waals surface area contributed by atoms with Crippen LogP contribution in [0.25, 0.3) is 10.8 Å². The molecular formula is C22H15N5. The van der Waals surface area contributed by atoms with Gasteiger partial charge in [-0.3, -0.25) is 0 Å². The van der Waals surface area contributed by atoms with Crippen LogP contribution < -0.4 is 5.32 Å². The van der Waals surface area contributed by atoms with E-state index in [-0.39, 0.29) is 0 Å². The summed E-state index contributed by atoms with van der Waals surface area (Å²) in [5.41, 5.74) is 1.99. The smallest absolute Gasteiger partial charge is 0.164 e. The normalized spacial score (nSPS) is 14.2. The van der Waals surface area contributed by atoms with Crippen molar-refractivity contribution in [2.24, 2.45) is 9.98 Å². The van der Waals surface area contributed by atoms with Crippen LogP contribution in [0, 0.1) is 0 Å². The topological polar surface area (TPSA) is 62.5 Å². The second-order valence-corrected chi connectivity index (χ2v) is 6.17. The Balaban J connectivity index is 1.66. The van der Waals surface area contributed by atoms with Crippen molar-refractivity contribution in [2.75, 3.05) is 5.32 Å². The summed E-state index contributed by atoms with van der Waals surface area (Å²) in [7, 11) is 0. The van der Waals surface area contributed by atoms with Crippen LogP contribution in [0.1, 0.15) is 11.1 Å². The number of rotatable bonds is 2. The Morgan fingerprint density at radius 3 is 2.11 bits per heavy atom. The Kier molecular flexibility index (Phi) is 3.68. The number of pyridine rings is 2. The van der Waals surface area contributed by atoms with Gasteiger partial charge in [-0.1, -0.05) is 36.4 Å². The molecule has 0 bridgehead atoms. The lowest BCUT2D eigenvalue weighted by Crippen LogP contribution is -2.12. The zero-order valence-corrected chi connectivity index (χ0v) is 14.4. The second-order valence-electron chi connectivity index (χ2n) is 6.17. The highest BCUT2D eigenvalue weighted by molar-refractivity contribution is 6.27. The second kappa shape index (κ2) is 6.46. The minimum absolute atomic E-state index is 0.634. The highest BCUT2D eigenvalue weighted by Gasteiger charge is 2.23. The van der Waals surface area contributed by atoms with E-state index in [0.29, 0.717) is 11.7 Å². The van der Waals surface area contributed by atoms with Gasteiger partial charge in [0.05, 0.1) is 0 Å². The average molecular weight is 349 g/mol. The predicted octanol–water partition coefficient (Wildman–Crippen LogP) is 4.58. The Hall–Kier alpha value is -3.86. The minimum atomic E-state index is 0.634. The molecule has 5 nitrogen and oxygen atoms in total. The van der Waals surface area contributed by atoms with Crippen LogP contribution in [0.4, 0.5) is 11.6 Å². The van der Waals surface area contributed by atoms with E-state index in [9.17, 15) is 0 Å². The molecule has 3 heterocycles. The van der Waals surface area contributed by atoms with Crippen molar-refractivity contribution in [1.82, 2.24) is 9.97 Å². The van der Waals surface area contributed by atoms with Gasteiger partial charge in [0.1, 0.15) is 11.7 Å². The number of hydrogen-bond acceptors (Lipinski definition) is 4. The number of benzene rings is 2. The molecule has 2 aromatic carbocycles.